The van der Waals surface area contributed by atoms with Crippen molar-refractivity contribution >= 4 is 22.5 Å². The Morgan fingerprint density at radius 1 is 1.04 bits per heavy atom. The average Bonchev–Trinajstić information content (AvgIpc) is 3.21. The van der Waals surface area contributed by atoms with E-state index in [1.165, 1.54) is 11.1 Å². The smallest absolute Gasteiger partial charge is 0.134 e. The Morgan fingerprint density at radius 3 is 2.59 bits per heavy atom. The summed E-state index contributed by atoms with van der Waals surface area (Å²) in [4.78, 5) is 4.65. The van der Waals surface area contributed by atoms with Crippen LogP contribution < -0.4 is 5.32 Å². The maximum atomic E-state index is 6.51. The summed E-state index contributed by atoms with van der Waals surface area (Å²) in [5, 5.41) is 5.21. The maximum absolute atomic E-state index is 6.51. The molecule has 0 spiro atoms. The number of nitrogens with zero attached hydrogens (tertiary/aromatic N) is 1. The van der Waals surface area contributed by atoms with E-state index < -0.39 is 0 Å². The summed E-state index contributed by atoms with van der Waals surface area (Å²) >= 11 is 6.51. The molecule has 0 aliphatic heterocycles. The summed E-state index contributed by atoms with van der Waals surface area (Å²) < 4.78 is 5.66. The molecule has 0 amide bonds. The quantitative estimate of drug-likeness (QED) is 0.435. The van der Waals surface area contributed by atoms with E-state index in [0.717, 1.165) is 27.8 Å². The zero-order chi connectivity index (χ0) is 18.8. The van der Waals surface area contributed by atoms with E-state index in [1.54, 1.807) is 6.26 Å². The number of aromatic nitrogens is 1. The van der Waals surface area contributed by atoms with Crippen LogP contribution in [0.4, 0.5) is 0 Å². The third-order valence-electron chi connectivity index (χ3n) is 4.99. The van der Waals surface area contributed by atoms with Gasteiger partial charge in [-0.1, -0.05) is 54.1 Å². The molecular weight excluding hydrogens is 356 g/mol. The minimum absolute atomic E-state index is 0.0484. The van der Waals surface area contributed by atoms with E-state index in [9.17, 15) is 0 Å². The predicted octanol–water partition coefficient (Wildman–Crippen LogP) is 5.98. The molecule has 0 unspecified atom stereocenters. The first-order chi connectivity index (χ1) is 13.1. The van der Waals surface area contributed by atoms with Crippen molar-refractivity contribution in [1.82, 2.24) is 10.3 Å². The van der Waals surface area contributed by atoms with E-state index in [4.69, 9.17) is 16.0 Å². The fourth-order valence-corrected chi connectivity index (χ4v) is 3.53. The highest BCUT2D eigenvalue weighted by molar-refractivity contribution is 6.30. The van der Waals surface area contributed by atoms with Crippen molar-refractivity contribution in [3.05, 3.63) is 100 Å². The highest BCUT2D eigenvalue weighted by Crippen LogP contribution is 2.27. The van der Waals surface area contributed by atoms with Crippen LogP contribution in [0.5, 0.6) is 0 Å². The van der Waals surface area contributed by atoms with Crippen LogP contribution in [0.3, 0.4) is 0 Å². The zero-order valence-electron chi connectivity index (χ0n) is 15.4. The Balaban J connectivity index is 1.65. The van der Waals surface area contributed by atoms with Crippen molar-refractivity contribution in [2.75, 3.05) is 0 Å². The molecule has 0 radical (unpaired) electrons. The third kappa shape index (κ3) is 3.61. The molecule has 27 heavy (non-hydrogen) atoms. The minimum atomic E-state index is -0.0484. The monoisotopic (exact) mass is 376 g/mol. The van der Waals surface area contributed by atoms with E-state index in [2.05, 4.69) is 54.5 Å². The standard InChI is InChI=1S/C23H21ClN2O/c1-15-10-11-18-13-19(23(24)26-21(18)16(15)2)14-25-22(20-9-6-12-27-20)17-7-4-3-5-8-17/h3-13,22,25H,14H2,1-2H3/t22-/m0/s1. The first kappa shape index (κ1) is 17.8. The van der Waals surface area contributed by atoms with E-state index in [-0.39, 0.29) is 6.04 Å². The molecular formula is C23H21ClN2O. The second-order valence-electron chi connectivity index (χ2n) is 6.76. The van der Waals surface area contributed by atoms with E-state index in [1.807, 2.05) is 30.3 Å². The molecule has 2 heterocycles. The molecule has 0 bridgehead atoms. The lowest BCUT2D eigenvalue weighted by molar-refractivity contribution is 0.446. The fourth-order valence-electron chi connectivity index (χ4n) is 3.32. The van der Waals surface area contributed by atoms with Gasteiger partial charge in [-0.15, -0.1) is 0 Å². The van der Waals surface area contributed by atoms with Crippen molar-refractivity contribution in [2.45, 2.75) is 26.4 Å². The molecule has 0 fully saturated rings. The Kier molecular flexibility index (Phi) is 4.97. The van der Waals surface area contributed by atoms with E-state index >= 15 is 0 Å². The average molecular weight is 377 g/mol. The molecule has 0 aliphatic carbocycles. The van der Waals surface area contributed by atoms with Crippen molar-refractivity contribution in [3.8, 4) is 0 Å². The second kappa shape index (κ2) is 7.55. The molecule has 3 nitrogen and oxygen atoms in total. The van der Waals surface area contributed by atoms with Crippen molar-refractivity contribution in [3.63, 3.8) is 0 Å². The van der Waals surface area contributed by atoms with Gasteiger partial charge in [-0.05, 0) is 48.7 Å². The molecule has 4 rings (SSSR count). The molecule has 1 atom stereocenters. The topological polar surface area (TPSA) is 38.1 Å². The lowest BCUT2D eigenvalue weighted by atomic mass is 10.0. The normalized spacial score (nSPS) is 12.4. The van der Waals surface area contributed by atoms with Gasteiger partial charge in [0, 0.05) is 17.5 Å². The Bertz CT molecular complexity index is 1060. The first-order valence-electron chi connectivity index (χ1n) is 9.00. The second-order valence-corrected chi connectivity index (χ2v) is 7.12. The summed E-state index contributed by atoms with van der Waals surface area (Å²) in [5.74, 6) is 0.873. The van der Waals surface area contributed by atoms with Gasteiger partial charge in [-0.2, -0.15) is 0 Å². The van der Waals surface area contributed by atoms with Crippen LogP contribution in [-0.4, -0.2) is 4.98 Å². The molecule has 0 saturated carbocycles. The first-order valence-corrected chi connectivity index (χ1v) is 9.38. The van der Waals surface area contributed by atoms with Gasteiger partial charge < -0.3 is 4.42 Å². The molecule has 2 aromatic heterocycles. The molecule has 0 saturated heterocycles. The molecule has 136 valence electrons. The summed E-state index contributed by atoms with van der Waals surface area (Å²) in [6, 6.07) is 20.4. The molecule has 1 N–H and O–H groups in total. The van der Waals surface area contributed by atoms with Gasteiger partial charge in [0.1, 0.15) is 10.9 Å². The van der Waals surface area contributed by atoms with Gasteiger partial charge in [0.15, 0.2) is 0 Å². The maximum Gasteiger partial charge on any atom is 0.134 e. The van der Waals surface area contributed by atoms with Crippen LogP contribution in [-0.2, 0) is 6.54 Å². The van der Waals surface area contributed by atoms with Crippen molar-refractivity contribution in [1.29, 1.82) is 0 Å². The number of furan rings is 1. The number of fused-ring (bicyclic) bond motifs is 1. The number of halogens is 1. The lowest BCUT2D eigenvalue weighted by Crippen LogP contribution is -2.22. The van der Waals surface area contributed by atoms with Crippen LogP contribution >= 0.6 is 11.6 Å². The highest BCUT2D eigenvalue weighted by atomic mass is 35.5. The molecule has 0 aliphatic rings. The van der Waals surface area contributed by atoms with Crippen LogP contribution in [0.25, 0.3) is 10.9 Å². The van der Waals surface area contributed by atoms with Crippen LogP contribution in [0.15, 0.2) is 71.3 Å². The molecule has 4 aromatic rings. The van der Waals surface area contributed by atoms with Crippen molar-refractivity contribution in [2.24, 2.45) is 0 Å². The largest absolute Gasteiger partial charge is 0.467 e. The molecule has 2 aromatic carbocycles. The van der Waals surface area contributed by atoms with Gasteiger partial charge in [0.2, 0.25) is 0 Å². The zero-order valence-corrected chi connectivity index (χ0v) is 16.1. The minimum Gasteiger partial charge on any atom is -0.467 e. The number of nitrogens with one attached hydrogen (secondary N) is 1. The lowest BCUT2D eigenvalue weighted by Gasteiger charge is -2.18. The number of hydrogen-bond acceptors (Lipinski definition) is 3. The van der Waals surface area contributed by atoms with Gasteiger partial charge in [-0.25, -0.2) is 4.98 Å². The summed E-state index contributed by atoms with van der Waals surface area (Å²) in [5.41, 5.74) is 5.48. The Hall–Kier alpha value is -2.62. The van der Waals surface area contributed by atoms with Crippen LogP contribution in [0.2, 0.25) is 5.15 Å². The third-order valence-corrected chi connectivity index (χ3v) is 5.32. The predicted molar refractivity (Wildman–Crippen MR) is 110 cm³/mol. The van der Waals surface area contributed by atoms with Crippen LogP contribution in [0.1, 0.15) is 34.1 Å². The number of rotatable bonds is 5. The van der Waals surface area contributed by atoms with E-state index in [0.29, 0.717) is 11.7 Å². The summed E-state index contributed by atoms with van der Waals surface area (Å²) in [6.45, 7) is 4.77. The van der Waals surface area contributed by atoms with Gasteiger partial charge in [0.25, 0.3) is 0 Å². The number of pyridine rings is 1. The Morgan fingerprint density at radius 2 is 1.85 bits per heavy atom. The number of benzene rings is 2. The van der Waals surface area contributed by atoms with Crippen LogP contribution in [0, 0.1) is 13.8 Å². The fraction of sp³-hybridized carbons (Fsp3) is 0.174. The Labute approximate surface area is 164 Å². The highest BCUT2D eigenvalue weighted by Gasteiger charge is 2.17. The van der Waals surface area contributed by atoms with Gasteiger partial charge in [0.05, 0.1) is 17.8 Å². The summed E-state index contributed by atoms with van der Waals surface area (Å²) in [7, 11) is 0. The summed E-state index contributed by atoms with van der Waals surface area (Å²) in [6.07, 6.45) is 1.70. The number of hydrogen-bond donors (Lipinski definition) is 1. The SMILES string of the molecule is Cc1ccc2cc(CN[C@@H](c3ccccc3)c3ccco3)c(Cl)nc2c1C. The number of aryl methyl sites for hydroxylation is 2. The van der Waals surface area contributed by atoms with Gasteiger partial charge >= 0.3 is 0 Å². The molecule has 4 heteroatoms. The van der Waals surface area contributed by atoms with Gasteiger partial charge in [-0.3, -0.25) is 5.32 Å². The van der Waals surface area contributed by atoms with Crippen molar-refractivity contribution < 1.29 is 4.42 Å².